The maximum Gasteiger partial charge on any atom is 0.139 e. The van der Waals surface area contributed by atoms with Crippen LogP contribution in [0.3, 0.4) is 0 Å². The van der Waals surface area contributed by atoms with Crippen LogP contribution in [0.15, 0.2) is 18.5 Å². The number of fused-ring (bicyclic) bond motifs is 1. The molecule has 0 saturated carbocycles. The zero-order chi connectivity index (χ0) is 11.0. The van der Waals surface area contributed by atoms with Gasteiger partial charge in [-0.2, -0.15) is 0 Å². The first-order valence-electron chi connectivity index (χ1n) is 5.84. The Hall–Kier alpha value is -1.29. The van der Waals surface area contributed by atoms with Crippen LogP contribution in [0.4, 0.5) is 5.69 Å². The third-order valence-corrected chi connectivity index (χ3v) is 3.66. The Morgan fingerprint density at radius 1 is 1.44 bits per heavy atom. The lowest BCUT2D eigenvalue weighted by Crippen LogP contribution is -2.30. The second-order valence-electron chi connectivity index (χ2n) is 4.60. The van der Waals surface area contributed by atoms with Gasteiger partial charge in [0.1, 0.15) is 5.75 Å². The van der Waals surface area contributed by atoms with Gasteiger partial charge in [-0.25, -0.2) is 0 Å². The highest BCUT2D eigenvalue weighted by atomic mass is 16.5. The van der Waals surface area contributed by atoms with E-state index in [0.717, 1.165) is 24.8 Å². The molecule has 4 nitrogen and oxygen atoms in total. The normalized spacial score (nSPS) is 28.2. The van der Waals surface area contributed by atoms with E-state index in [1.807, 2.05) is 6.20 Å². The van der Waals surface area contributed by atoms with Crippen LogP contribution in [0.25, 0.3) is 0 Å². The molecule has 0 unspecified atom stereocenters. The van der Waals surface area contributed by atoms with E-state index in [2.05, 4.69) is 21.3 Å². The van der Waals surface area contributed by atoms with Crippen molar-refractivity contribution in [3.8, 4) is 5.75 Å². The number of nitrogens with zero attached hydrogens (tertiary/aromatic N) is 2. The summed E-state index contributed by atoms with van der Waals surface area (Å²) in [6.45, 7) is 3.42. The Morgan fingerprint density at radius 3 is 3.19 bits per heavy atom. The lowest BCUT2D eigenvalue weighted by atomic mass is 10.1. The minimum absolute atomic E-state index is 0.672. The minimum Gasteiger partial charge on any atom is -0.495 e. The molecule has 4 heteroatoms. The predicted octanol–water partition coefficient (Wildman–Crippen LogP) is 0.888. The molecule has 0 aromatic carbocycles. The quantitative estimate of drug-likeness (QED) is 0.801. The van der Waals surface area contributed by atoms with Crippen molar-refractivity contribution in [1.29, 1.82) is 0 Å². The van der Waals surface area contributed by atoms with E-state index in [0.29, 0.717) is 6.04 Å². The summed E-state index contributed by atoms with van der Waals surface area (Å²) in [5.41, 5.74) is 1.18. The molecule has 2 saturated heterocycles. The molecule has 1 aromatic heterocycles. The fourth-order valence-electron chi connectivity index (χ4n) is 2.75. The van der Waals surface area contributed by atoms with Gasteiger partial charge in [0, 0.05) is 25.2 Å². The molecule has 0 spiro atoms. The molecule has 0 amide bonds. The maximum absolute atomic E-state index is 5.20. The molecule has 0 aliphatic carbocycles. The Balaban J connectivity index is 1.78. The van der Waals surface area contributed by atoms with Crippen molar-refractivity contribution in [3.05, 3.63) is 18.5 Å². The van der Waals surface area contributed by atoms with E-state index in [-0.39, 0.29) is 0 Å². The van der Waals surface area contributed by atoms with Gasteiger partial charge in [-0.1, -0.05) is 0 Å². The molecular weight excluding hydrogens is 202 g/mol. The first-order chi connectivity index (χ1) is 7.86. The first-order valence-corrected chi connectivity index (χ1v) is 5.84. The predicted molar refractivity (Wildman–Crippen MR) is 62.9 cm³/mol. The third-order valence-electron chi connectivity index (χ3n) is 3.66. The monoisotopic (exact) mass is 219 g/mol. The SMILES string of the molecule is COc1cncc(N2C[C@@H]3CCN[C@@H]3C2)c1. The molecule has 1 aromatic rings. The van der Waals surface area contributed by atoms with Gasteiger partial charge in [-0.15, -0.1) is 0 Å². The molecule has 0 bridgehead atoms. The highest BCUT2D eigenvalue weighted by molar-refractivity contribution is 5.49. The summed E-state index contributed by atoms with van der Waals surface area (Å²) >= 11 is 0. The van der Waals surface area contributed by atoms with Gasteiger partial charge < -0.3 is 15.0 Å². The Morgan fingerprint density at radius 2 is 2.38 bits per heavy atom. The van der Waals surface area contributed by atoms with E-state index in [4.69, 9.17) is 4.74 Å². The summed E-state index contributed by atoms with van der Waals surface area (Å²) in [4.78, 5) is 6.61. The van der Waals surface area contributed by atoms with Crippen LogP contribution in [0.5, 0.6) is 5.75 Å². The molecule has 16 heavy (non-hydrogen) atoms. The van der Waals surface area contributed by atoms with Gasteiger partial charge in [-0.05, 0) is 18.9 Å². The summed E-state index contributed by atoms with van der Waals surface area (Å²) < 4.78 is 5.20. The number of aromatic nitrogens is 1. The zero-order valence-corrected chi connectivity index (χ0v) is 9.52. The molecule has 0 radical (unpaired) electrons. The summed E-state index contributed by atoms with van der Waals surface area (Å²) in [5.74, 6) is 1.65. The van der Waals surface area contributed by atoms with Crippen molar-refractivity contribution in [2.24, 2.45) is 5.92 Å². The largest absolute Gasteiger partial charge is 0.495 e. The van der Waals surface area contributed by atoms with Gasteiger partial charge in [-0.3, -0.25) is 4.98 Å². The number of methoxy groups -OCH3 is 1. The number of hydrogen-bond donors (Lipinski definition) is 1. The van der Waals surface area contributed by atoms with Crippen LogP contribution in [0.1, 0.15) is 6.42 Å². The van der Waals surface area contributed by atoms with Crippen molar-refractivity contribution in [2.45, 2.75) is 12.5 Å². The molecular formula is C12H17N3O. The van der Waals surface area contributed by atoms with Crippen molar-refractivity contribution >= 4 is 5.69 Å². The molecule has 1 N–H and O–H groups in total. The van der Waals surface area contributed by atoms with Crippen molar-refractivity contribution in [3.63, 3.8) is 0 Å². The minimum atomic E-state index is 0.672. The van der Waals surface area contributed by atoms with Gasteiger partial charge in [0.05, 0.1) is 25.2 Å². The van der Waals surface area contributed by atoms with E-state index in [9.17, 15) is 0 Å². The molecule has 2 aliphatic heterocycles. The summed E-state index contributed by atoms with van der Waals surface area (Å²) in [7, 11) is 1.68. The number of hydrogen-bond acceptors (Lipinski definition) is 4. The standard InChI is InChI=1S/C12H17N3O/c1-16-11-4-10(5-13-6-11)15-7-9-2-3-14-12(9)8-15/h4-6,9,12,14H,2-3,7-8H2,1H3/t9-,12+/m0/s1. The van der Waals surface area contributed by atoms with Crippen molar-refractivity contribution < 1.29 is 4.74 Å². The molecule has 2 aliphatic rings. The van der Waals surface area contributed by atoms with Crippen molar-refractivity contribution in [2.75, 3.05) is 31.6 Å². The van der Waals surface area contributed by atoms with Crippen LogP contribution in [0, 0.1) is 5.92 Å². The van der Waals surface area contributed by atoms with Gasteiger partial charge >= 0.3 is 0 Å². The number of nitrogens with one attached hydrogen (secondary N) is 1. The lowest BCUT2D eigenvalue weighted by Gasteiger charge is -2.19. The molecule has 2 atom stereocenters. The smallest absolute Gasteiger partial charge is 0.139 e. The summed E-state index contributed by atoms with van der Waals surface area (Å²) in [6, 6.07) is 2.74. The van der Waals surface area contributed by atoms with E-state index >= 15 is 0 Å². The van der Waals surface area contributed by atoms with Gasteiger partial charge in [0.25, 0.3) is 0 Å². The van der Waals surface area contributed by atoms with Crippen LogP contribution in [-0.4, -0.2) is 37.8 Å². The number of rotatable bonds is 2. The fourth-order valence-corrected chi connectivity index (χ4v) is 2.75. The second-order valence-corrected chi connectivity index (χ2v) is 4.60. The summed E-state index contributed by atoms with van der Waals surface area (Å²) in [6.07, 6.45) is 4.97. The second kappa shape index (κ2) is 3.94. The molecule has 3 rings (SSSR count). The third kappa shape index (κ3) is 1.63. The van der Waals surface area contributed by atoms with Crippen LogP contribution >= 0.6 is 0 Å². The van der Waals surface area contributed by atoms with Crippen LogP contribution in [-0.2, 0) is 0 Å². The fraction of sp³-hybridized carbons (Fsp3) is 0.583. The van der Waals surface area contributed by atoms with E-state index in [1.165, 1.54) is 18.7 Å². The first kappa shape index (κ1) is 9.90. The van der Waals surface area contributed by atoms with Gasteiger partial charge in [0.15, 0.2) is 0 Å². The Labute approximate surface area is 95.6 Å². The number of pyridine rings is 1. The highest BCUT2D eigenvalue weighted by Gasteiger charge is 2.36. The maximum atomic E-state index is 5.20. The Bertz CT molecular complexity index is 370. The van der Waals surface area contributed by atoms with Gasteiger partial charge in [0.2, 0.25) is 0 Å². The topological polar surface area (TPSA) is 37.4 Å². The molecule has 2 fully saturated rings. The molecule has 3 heterocycles. The number of ether oxygens (including phenoxy) is 1. The average Bonchev–Trinajstić information content (AvgIpc) is 2.89. The van der Waals surface area contributed by atoms with Crippen molar-refractivity contribution in [1.82, 2.24) is 10.3 Å². The van der Waals surface area contributed by atoms with Crippen LogP contribution < -0.4 is 15.0 Å². The van der Waals surface area contributed by atoms with Crippen LogP contribution in [0.2, 0.25) is 0 Å². The molecule has 86 valence electrons. The Kier molecular flexibility index (Phi) is 2.44. The summed E-state index contributed by atoms with van der Waals surface area (Å²) in [5, 5.41) is 3.55. The average molecular weight is 219 g/mol. The number of anilines is 1. The van der Waals surface area contributed by atoms with E-state index < -0.39 is 0 Å². The zero-order valence-electron chi connectivity index (χ0n) is 9.52. The lowest BCUT2D eigenvalue weighted by molar-refractivity contribution is 0.413. The van der Waals surface area contributed by atoms with E-state index in [1.54, 1.807) is 13.3 Å². The highest BCUT2D eigenvalue weighted by Crippen LogP contribution is 2.29.